The smallest absolute Gasteiger partial charge is 0.250 e. The molecule has 0 unspecified atom stereocenters. The molecule has 2 rings (SSSR count). The fourth-order valence-electron chi connectivity index (χ4n) is 2.28. The first-order valence-electron chi connectivity index (χ1n) is 8.76. The number of hydrogen-bond acceptors (Lipinski definition) is 4. The standard InChI is InChI=1S/C21H23N3O3S/c1-4-19(25)23-18-13-16(9-5-14(18)2)22-21(28)24-20(26)12-8-15-6-10-17(27-3)11-7-15/h5-13H,4H2,1-3H3,(H,23,25)(H2,22,24,26,28)/b12-8+. The highest BCUT2D eigenvalue weighted by Crippen LogP contribution is 2.20. The summed E-state index contributed by atoms with van der Waals surface area (Å²) in [5.74, 6) is 0.333. The molecule has 3 N–H and O–H groups in total. The predicted molar refractivity (Wildman–Crippen MR) is 116 cm³/mol. The van der Waals surface area contributed by atoms with Crippen LogP contribution in [-0.4, -0.2) is 24.0 Å². The normalized spacial score (nSPS) is 10.4. The maximum Gasteiger partial charge on any atom is 0.250 e. The van der Waals surface area contributed by atoms with E-state index in [0.717, 1.165) is 16.9 Å². The number of carbonyl (C=O) groups is 2. The Kier molecular flexibility index (Phi) is 7.71. The van der Waals surface area contributed by atoms with E-state index in [-0.39, 0.29) is 16.9 Å². The van der Waals surface area contributed by atoms with Crippen molar-refractivity contribution < 1.29 is 14.3 Å². The summed E-state index contributed by atoms with van der Waals surface area (Å²) in [7, 11) is 1.60. The molecule has 146 valence electrons. The quantitative estimate of drug-likeness (QED) is 0.509. The molecule has 0 saturated carbocycles. The SMILES string of the molecule is CCC(=O)Nc1cc(NC(=S)NC(=O)/C=C/c2ccc(OC)cc2)ccc1C. The third kappa shape index (κ3) is 6.51. The molecular formula is C21H23N3O3S. The monoisotopic (exact) mass is 397 g/mol. The number of amides is 2. The minimum absolute atomic E-state index is 0.0696. The third-order valence-electron chi connectivity index (χ3n) is 3.87. The topological polar surface area (TPSA) is 79.5 Å². The molecule has 6 nitrogen and oxygen atoms in total. The third-order valence-corrected chi connectivity index (χ3v) is 4.07. The molecule has 28 heavy (non-hydrogen) atoms. The van der Waals surface area contributed by atoms with Crippen molar-refractivity contribution in [3.05, 3.63) is 59.7 Å². The molecule has 2 aromatic rings. The molecule has 0 saturated heterocycles. The van der Waals surface area contributed by atoms with Gasteiger partial charge in [0.1, 0.15) is 5.75 Å². The first-order chi connectivity index (χ1) is 13.4. The molecule has 0 atom stereocenters. The Morgan fingerprint density at radius 3 is 2.46 bits per heavy atom. The highest BCUT2D eigenvalue weighted by atomic mass is 32.1. The zero-order valence-corrected chi connectivity index (χ0v) is 16.9. The van der Waals surface area contributed by atoms with Crippen molar-refractivity contribution in [2.24, 2.45) is 0 Å². The summed E-state index contributed by atoms with van der Waals surface area (Å²) in [6, 6.07) is 12.8. The van der Waals surface area contributed by atoms with Gasteiger partial charge in [0.15, 0.2) is 5.11 Å². The number of hydrogen-bond donors (Lipinski definition) is 3. The molecule has 0 aromatic heterocycles. The number of ether oxygens (including phenoxy) is 1. The average molecular weight is 398 g/mol. The summed E-state index contributed by atoms with van der Waals surface area (Å²) < 4.78 is 5.10. The van der Waals surface area contributed by atoms with Gasteiger partial charge in [-0.2, -0.15) is 0 Å². The zero-order chi connectivity index (χ0) is 20.5. The van der Waals surface area contributed by atoms with E-state index < -0.39 is 0 Å². The van der Waals surface area contributed by atoms with Crippen LogP contribution in [0.15, 0.2) is 48.5 Å². The Labute approximate surface area is 170 Å². The summed E-state index contributed by atoms with van der Waals surface area (Å²) in [6.07, 6.45) is 3.48. The van der Waals surface area contributed by atoms with Gasteiger partial charge in [-0.25, -0.2) is 0 Å². The highest BCUT2D eigenvalue weighted by Gasteiger charge is 2.06. The maximum absolute atomic E-state index is 12.0. The lowest BCUT2D eigenvalue weighted by Crippen LogP contribution is -2.32. The van der Waals surface area contributed by atoms with Crippen LogP contribution in [-0.2, 0) is 9.59 Å². The van der Waals surface area contributed by atoms with Gasteiger partial charge in [-0.1, -0.05) is 25.1 Å². The number of thiocarbonyl (C=S) groups is 1. The first-order valence-corrected chi connectivity index (χ1v) is 9.16. The molecule has 0 bridgehead atoms. The molecule has 0 radical (unpaired) electrons. The van der Waals surface area contributed by atoms with E-state index in [9.17, 15) is 9.59 Å². The molecule has 2 aromatic carbocycles. The number of methoxy groups -OCH3 is 1. The van der Waals surface area contributed by atoms with Gasteiger partial charge < -0.3 is 15.4 Å². The molecule has 7 heteroatoms. The van der Waals surface area contributed by atoms with Gasteiger partial charge in [-0.05, 0) is 60.6 Å². The van der Waals surface area contributed by atoms with E-state index in [1.165, 1.54) is 6.08 Å². The van der Waals surface area contributed by atoms with Gasteiger partial charge >= 0.3 is 0 Å². The van der Waals surface area contributed by atoms with E-state index >= 15 is 0 Å². The van der Waals surface area contributed by atoms with Crippen molar-refractivity contribution in [2.45, 2.75) is 20.3 Å². The van der Waals surface area contributed by atoms with Crippen molar-refractivity contribution in [1.82, 2.24) is 5.32 Å². The van der Waals surface area contributed by atoms with Crippen LogP contribution in [0.1, 0.15) is 24.5 Å². The minimum Gasteiger partial charge on any atom is -0.497 e. The predicted octanol–water partition coefficient (Wildman–Crippen LogP) is 3.88. The van der Waals surface area contributed by atoms with Crippen molar-refractivity contribution >= 4 is 46.6 Å². The van der Waals surface area contributed by atoms with Crippen LogP contribution in [0, 0.1) is 6.92 Å². The molecule has 0 spiro atoms. The van der Waals surface area contributed by atoms with Crippen molar-refractivity contribution in [3.8, 4) is 5.75 Å². The fourth-order valence-corrected chi connectivity index (χ4v) is 2.49. The second-order valence-corrected chi connectivity index (χ2v) is 6.39. The number of carbonyl (C=O) groups excluding carboxylic acids is 2. The summed E-state index contributed by atoms with van der Waals surface area (Å²) in [5.41, 5.74) is 3.17. The van der Waals surface area contributed by atoms with Gasteiger partial charge in [-0.15, -0.1) is 0 Å². The van der Waals surface area contributed by atoms with Crippen LogP contribution in [0.2, 0.25) is 0 Å². The number of nitrogens with one attached hydrogen (secondary N) is 3. The molecular weight excluding hydrogens is 374 g/mol. The van der Waals surface area contributed by atoms with E-state index in [0.29, 0.717) is 17.8 Å². The van der Waals surface area contributed by atoms with E-state index in [4.69, 9.17) is 17.0 Å². The average Bonchev–Trinajstić information content (AvgIpc) is 2.69. The minimum atomic E-state index is -0.347. The van der Waals surface area contributed by atoms with Crippen LogP contribution in [0.4, 0.5) is 11.4 Å². The number of benzene rings is 2. The van der Waals surface area contributed by atoms with Gasteiger partial charge in [0.25, 0.3) is 0 Å². The number of anilines is 2. The fraction of sp³-hybridized carbons (Fsp3) is 0.190. The Morgan fingerprint density at radius 2 is 1.82 bits per heavy atom. The summed E-state index contributed by atoms with van der Waals surface area (Å²) in [4.78, 5) is 23.6. The zero-order valence-electron chi connectivity index (χ0n) is 16.0. The Hall–Kier alpha value is -3.19. The molecule has 0 aliphatic rings. The molecule has 0 heterocycles. The van der Waals surface area contributed by atoms with Crippen LogP contribution in [0.25, 0.3) is 6.08 Å². The number of aryl methyl sites for hydroxylation is 1. The second kappa shape index (κ2) is 10.2. The van der Waals surface area contributed by atoms with Crippen LogP contribution >= 0.6 is 12.2 Å². The lowest BCUT2D eigenvalue weighted by atomic mass is 10.1. The summed E-state index contributed by atoms with van der Waals surface area (Å²) in [6.45, 7) is 3.69. The maximum atomic E-state index is 12.0. The van der Waals surface area contributed by atoms with Crippen LogP contribution in [0.5, 0.6) is 5.75 Å². The van der Waals surface area contributed by atoms with Crippen molar-refractivity contribution in [2.75, 3.05) is 17.7 Å². The van der Waals surface area contributed by atoms with Gasteiger partial charge in [0.2, 0.25) is 11.8 Å². The van der Waals surface area contributed by atoms with Crippen molar-refractivity contribution in [1.29, 1.82) is 0 Å². The van der Waals surface area contributed by atoms with E-state index in [2.05, 4.69) is 16.0 Å². The summed E-state index contributed by atoms with van der Waals surface area (Å²) >= 11 is 5.18. The van der Waals surface area contributed by atoms with Crippen molar-refractivity contribution in [3.63, 3.8) is 0 Å². The lowest BCUT2D eigenvalue weighted by molar-refractivity contribution is -0.116. The van der Waals surface area contributed by atoms with E-state index in [1.807, 2.05) is 43.3 Å². The first kappa shape index (κ1) is 21.1. The molecule has 0 aliphatic carbocycles. The van der Waals surface area contributed by atoms with Crippen LogP contribution < -0.4 is 20.7 Å². The molecule has 2 amide bonds. The molecule has 0 aliphatic heterocycles. The molecule has 0 fully saturated rings. The van der Waals surface area contributed by atoms with Crippen LogP contribution in [0.3, 0.4) is 0 Å². The second-order valence-electron chi connectivity index (χ2n) is 5.98. The van der Waals surface area contributed by atoms with Gasteiger partial charge in [-0.3, -0.25) is 14.9 Å². The Morgan fingerprint density at radius 1 is 1.11 bits per heavy atom. The van der Waals surface area contributed by atoms with E-state index in [1.54, 1.807) is 26.2 Å². The highest BCUT2D eigenvalue weighted by molar-refractivity contribution is 7.80. The largest absolute Gasteiger partial charge is 0.497 e. The Balaban J connectivity index is 1.93. The van der Waals surface area contributed by atoms with Gasteiger partial charge in [0, 0.05) is 23.9 Å². The van der Waals surface area contributed by atoms with Gasteiger partial charge in [0.05, 0.1) is 7.11 Å². The number of rotatable bonds is 6. The lowest BCUT2D eigenvalue weighted by Gasteiger charge is -2.12. The Bertz CT molecular complexity index is 892. The summed E-state index contributed by atoms with van der Waals surface area (Å²) in [5, 5.41) is 8.53.